The van der Waals surface area contributed by atoms with Gasteiger partial charge in [0.25, 0.3) is 11.9 Å². The van der Waals surface area contributed by atoms with Gasteiger partial charge in [0.1, 0.15) is 0 Å². The maximum absolute atomic E-state index is 13.4. The largest absolute Gasteiger partial charge is 0.299 e. The van der Waals surface area contributed by atoms with Crippen LogP contribution in [-0.2, 0) is 13.0 Å². The van der Waals surface area contributed by atoms with Crippen molar-refractivity contribution in [3.8, 4) is 0 Å². The molecular weight excluding hydrogens is 384 g/mol. The van der Waals surface area contributed by atoms with Crippen molar-refractivity contribution in [2.24, 2.45) is 0 Å². The van der Waals surface area contributed by atoms with E-state index >= 15 is 0 Å². The first-order valence-electron chi connectivity index (χ1n) is 9.82. The summed E-state index contributed by atoms with van der Waals surface area (Å²) >= 11 is 1.57. The standard InChI is InChI=1S/C21H22N6OS/c1-4-26-10-9-17-15(11-26)18(14-7-5-6-8-16(14)22-17)19(28)23-20-24-21-27(25-20)12(2)13(3)29-21/h5-8H,4,9-11H2,1-3H3,(H,23,25,28). The Morgan fingerprint density at radius 3 is 2.86 bits per heavy atom. The molecule has 5 rings (SSSR count). The molecule has 1 amide bonds. The van der Waals surface area contributed by atoms with Gasteiger partial charge >= 0.3 is 0 Å². The normalized spacial score (nSPS) is 14.4. The molecule has 4 aromatic rings. The number of nitrogens with one attached hydrogen (secondary N) is 1. The molecule has 0 bridgehead atoms. The van der Waals surface area contributed by atoms with Gasteiger partial charge in [0, 0.05) is 41.0 Å². The second-order valence-corrected chi connectivity index (χ2v) is 8.56. The van der Waals surface area contributed by atoms with Gasteiger partial charge in [0.15, 0.2) is 0 Å². The highest BCUT2D eigenvalue weighted by Crippen LogP contribution is 2.29. The minimum atomic E-state index is -0.176. The van der Waals surface area contributed by atoms with Gasteiger partial charge in [-0.05, 0) is 26.5 Å². The first-order valence-corrected chi connectivity index (χ1v) is 10.6. The van der Waals surface area contributed by atoms with E-state index in [-0.39, 0.29) is 5.91 Å². The molecule has 8 heteroatoms. The van der Waals surface area contributed by atoms with Crippen molar-refractivity contribution in [2.75, 3.05) is 18.4 Å². The van der Waals surface area contributed by atoms with E-state index < -0.39 is 0 Å². The lowest BCUT2D eigenvalue weighted by atomic mass is 9.95. The lowest BCUT2D eigenvalue weighted by molar-refractivity contribution is 0.102. The van der Waals surface area contributed by atoms with E-state index in [0.717, 1.165) is 58.9 Å². The quantitative estimate of drug-likeness (QED) is 0.563. The summed E-state index contributed by atoms with van der Waals surface area (Å²) in [6.45, 7) is 8.84. The van der Waals surface area contributed by atoms with Crippen LogP contribution >= 0.6 is 11.3 Å². The predicted octanol–water partition coefficient (Wildman–Crippen LogP) is 3.59. The van der Waals surface area contributed by atoms with Crippen molar-refractivity contribution in [2.45, 2.75) is 33.7 Å². The molecule has 0 saturated heterocycles. The number of carbonyl (C=O) groups excluding carboxylic acids is 1. The third-order valence-corrected chi connectivity index (χ3v) is 6.72. The van der Waals surface area contributed by atoms with Crippen LogP contribution in [0.3, 0.4) is 0 Å². The van der Waals surface area contributed by atoms with E-state index in [4.69, 9.17) is 4.98 Å². The monoisotopic (exact) mass is 406 g/mol. The number of hydrogen-bond acceptors (Lipinski definition) is 6. The van der Waals surface area contributed by atoms with Gasteiger partial charge in [-0.3, -0.25) is 20.0 Å². The Balaban J connectivity index is 1.59. The number of aromatic nitrogens is 4. The van der Waals surface area contributed by atoms with E-state index in [1.807, 2.05) is 38.1 Å². The van der Waals surface area contributed by atoms with Gasteiger partial charge in [0.2, 0.25) is 4.96 Å². The van der Waals surface area contributed by atoms with Crippen LogP contribution in [0, 0.1) is 13.8 Å². The van der Waals surface area contributed by atoms with Crippen LogP contribution in [0.15, 0.2) is 24.3 Å². The van der Waals surface area contributed by atoms with E-state index in [1.165, 1.54) is 4.88 Å². The number of rotatable bonds is 3. The summed E-state index contributed by atoms with van der Waals surface area (Å²) < 4.78 is 1.79. The van der Waals surface area contributed by atoms with Crippen molar-refractivity contribution in [1.29, 1.82) is 0 Å². The van der Waals surface area contributed by atoms with Crippen LogP contribution in [0.1, 0.15) is 39.1 Å². The fourth-order valence-corrected chi connectivity index (χ4v) is 4.84. The Labute approximate surface area is 172 Å². The Morgan fingerprint density at radius 2 is 2.07 bits per heavy atom. The Hall–Kier alpha value is -2.84. The zero-order chi connectivity index (χ0) is 20.1. The lowest BCUT2D eigenvalue weighted by Gasteiger charge is -2.29. The van der Waals surface area contributed by atoms with Gasteiger partial charge in [-0.15, -0.1) is 5.10 Å². The number of likely N-dealkylation sites (N-methyl/N-ethyl adjacent to an activating group) is 1. The number of pyridine rings is 1. The highest BCUT2D eigenvalue weighted by molar-refractivity contribution is 7.17. The number of carbonyl (C=O) groups is 1. The Kier molecular flexibility index (Phi) is 4.33. The zero-order valence-corrected chi connectivity index (χ0v) is 17.5. The first kappa shape index (κ1) is 18.2. The van der Waals surface area contributed by atoms with E-state index in [0.29, 0.717) is 11.5 Å². The van der Waals surface area contributed by atoms with Crippen molar-refractivity contribution >= 4 is 39.1 Å². The number of aryl methyl sites for hydroxylation is 2. The minimum Gasteiger partial charge on any atom is -0.299 e. The number of nitrogens with zero attached hydrogens (tertiary/aromatic N) is 5. The van der Waals surface area contributed by atoms with Crippen molar-refractivity contribution in [3.05, 3.63) is 51.7 Å². The number of anilines is 1. The second-order valence-electron chi connectivity index (χ2n) is 7.38. The highest BCUT2D eigenvalue weighted by atomic mass is 32.1. The molecule has 29 heavy (non-hydrogen) atoms. The molecule has 3 aromatic heterocycles. The third kappa shape index (κ3) is 2.99. The van der Waals surface area contributed by atoms with Crippen LogP contribution in [0.5, 0.6) is 0 Å². The van der Waals surface area contributed by atoms with E-state index in [9.17, 15) is 4.79 Å². The zero-order valence-electron chi connectivity index (χ0n) is 16.7. The Bertz CT molecular complexity index is 1260. The fraction of sp³-hybridized carbons (Fsp3) is 0.333. The smallest absolute Gasteiger partial charge is 0.259 e. The third-order valence-electron chi connectivity index (χ3n) is 5.67. The summed E-state index contributed by atoms with van der Waals surface area (Å²) in [6, 6.07) is 7.84. The molecule has 1 N–H and O–H groups in total. The number of hydrogen-bond donors (Lipinski definition) is 1. The van der Waals surface area contributed by atoms with Crippen molar-refractivity contribution in [1.82, 2.24) is 24.5 Å². The molecule has 0 atom stereocenters. The molecule has 148 valence electrons. The summed E-state index contributed by atoms with van der Waals surface area (Å²) in [5.41, 5.74) is 4.62. The maximum Gasteiger partial charge on any atom is 0.259 e. The SMILES string of the molecule is CCN1CCc2nc3ccccc3c(C(=O)Nc3nc4sc(C)c(C)n4n3)c2C1. The lowest BCUT2D eigenvalue weighted by Crippen LogP contribution is -2.33. The number of thiazole rings is 1. The maximum atomic E-state index is 13.4. The predicted molar refractivity (Wildman–Crippen MR) is 115 cm³/mol. The number of para-hydroxylation sites is 1. The summed E-state index contributed by atoms with van der Waals surface area (Å²) in [6.07, 6.45) is 0.852. The van der Waals surface area contributed by atoms with Crippen molar-refractivity contribution < 1.29 is 4.79 Å². The number of benzene rings is 1. The minimum absolute atomic E-state index is 0.176. The number of amides is 1. The van der Waals surface area contributed by atoms with Crippen LogP contribution in [0.2, 0.25) is 0 Å². The average molecular weight is 407 g/mol. The van der Waals surface area contributed by atoms with E-state index in [1.54, 1.807) is 15.9 Å². The molecule has 7 nitrogen and oxygen atoms in total. The molecule has 1 aliphatic heterocycles. The van der Waals surface area contributed by atoms with Gasteiger partial charge in [0.05, 0.1) is 16.8 Å². The van der Waals surface area contributed by atoms with Crippen LogP contribution in [-0.4, -0.2) is 43.5 Å². The van der Waals surface area contributed by atoms with Gasteiger partial charge in [-0.2, -0.15) is 4.98 Å². The van der Waals surface area contributed by atoms with Gasteiger partial charge in [-0.1, -0.05) is 36.5 Å². The van der Waals surface area contributed by atoms with Gasteiger partial charge < -0.3 is 0 Å². The molecule has 0 unspecified atom stereocenters. The molecule has 1 aliphatic rings. The first-order chi connectivity index (χ1) is 14.0. The molecule has 0 spiro atoms. The molecule has 4 heterocycles. The molecule has 0 radical (unpaired) electrons. The summed E-state index contributed by atoms with van der Waals surface area (Å²) in [4.78, 5) is 27.0. The summed E-state index contributed by atoms with van der Waals surface area (Å²) in [5, 5.41) is 8.28. The van der Waals surface area contributed by atoms with Crippen LogP contribution in [0.25, 0.3) is 15.9 Å². The van der Waals surface area contributed by atoms with Crippen LogP contribution < -0.4 is 5.32 Å². The van der Waals surface area contributed by atoms with Gasteiger partial charge in [-0.25, -0.2) is 4.52 Å². The molecule has 0 saturated carbocycles. The second kappa shape index (κ2) is 6.89. The fourth-order valence-electron chi connectivity index (χ4n) is 3.93. The average Bonchev–Trinajstić information content (AvgIpc) is 3.23. The summed E-state index contributed by atoms with van der Waals surface area (Å²) in [7, 11) is 0. The molecular formula is C21H22N6OS. The van der Waals surface area contributed by atoms with E-state index in [2.05, 4.69) is 27.2 Å². The molecule has 0 aliphatic carbocycles. The Morgan fingerprint density at radius 1 is 1.24 bits per heavy atom. The number of fused-ring (bicyclic) bond motifs is 3. The summed E-state index contributed by atoms with van der Waals surface area (Å²) in [5.74, 6) is 0.160. The molecule has 0 fully saturated rings. The topological polar surface area (TPSA) is 75.4 Å². The molecule has 1 aromatic carbocycles. The highest BCUT2D eigenvalue weighted by Gasteiger charge is 2.26. The van der Waals surface area contributed by atoms with Crippen molar-refractivity contribution in [3.63, 3.8) is 0 Å². The van der Waals surface area contributed by atoms with Crippen LogP contribution in [0.4, 0.5) is 5.95 Å².